The van der Waals surface area contributed by atoms with Gasteiger partial charge in [0.2, 0.25) is 0 Å². The zero-order chi connectivity index (χ0) is 10.7. The van der Waals surface area contributed by atoms with Gasteiger partial charge in [-0.2, -0.15) is 0 Å². The number of hydrogen-bond acceptors (Lipinski definition) is 3. The maximum Gasteiger partial charge on any atom is 0.135 e. The van der Waals surface area contributed by atoms with E-state index < -0.39 is 0 Å². The molecule has 0 bridgehead atoms. The van der Waals surface area contributed by atoms with Gasteiger partial charge in [0, 0.05) is 17.4 Å². The number of benzene rings is 1. The Morgan fingerprint density at radius 1 is 1.33 bits per heavy atom. The Balaban J connectivity index is 2.24. The van der Waals surface area contributed by atoms with Crippen LogP contribution in [-0.2, 0) is 11.2 Å². The van der Waals surface area contributed by atoms with Crippen molar-refractivity contribution in [2.45, 2.75) is 13.3 Å². The normalized spacial score (nSPS) is 10.2. The second-order valence-corrected chi connectivity index (χ2v) is 4.25. The van der Waals surface area contributed by atoms with Crippen LogP contribution >= 0.6 is 11.3 Å². The number of carbonyl (C=O) groups excluding carboxylic acids is 1. The molecule has 3 heteroatoms. The van der Waals surface area contributed by atoms with Crippen LogP contribution in [0.5, 0.6) is 0 Å². The maximum absolute atomic E-state index is 10.9. The largest absolute Gasteiger partial charge is 0.300 e. The van der Waals surface area contributed by atoms with Crippen LogP contribution in [0.1, 0.15) is 12.6 Å². The van der Waals surface area contributed by atoms with Gasteiger partial charge < -0.3 is 0 Å². The molecule has 0 radical (unpaired) electrons. The first-order valence-corrected chi connectivity index (χ1v) is 5.63. The summed E-state index contributed by atoms with van der Waals surface area (Å²) in [6.45, 7) is 1.58. The summed E-state index contributed by atoms with van der Waals surface area (Å²) >= 11 is 1.58. The van der Waals surface area contributed by atoms with Crippen LogP contribution in [0.4, 0.5) is 0 Å². The third kappa shape index (κ3) is 2.50. The van der Waals surface area contributed by atoms with Crippen molar-refractivity contribution in [3.63, 3.8) is 0 Å². The van der Waals surface area contributed by atoms with E-state index in [4.69, 9.17) is 0 Å². The molecule has 76 valence electrons. The van der Waals surface area contributed by atoms with Gasteiger partial charge in [-0.3, -0.25) is 4.79 Å². The average molecular weight is 217 g/mol. The Labute approximate surface area is 92.6 Å². The smallest absolute Gasteiger partial charge is 0.135 e. The van der Waals surface area contributed by atoms with Gasteiger partial charge in [-0.05, 0) is 6.92 Å². The molecule has 0 aliphatic rings. The highest BCUT2D eigenvalue weighted by atomic mass is 32.1. The summed E-state index contributed by atoms with van der Waals surface area (Å²) < 4.78 is 0. The highest BCUT2D eigenvalue weighted by Crippen LogP contribution is 2.23. The van der Waals surface area contributed by atoms with E-state index in [1.54, 1.807) is 18.3 Å². The van der Waals surface area contributed by atoms with Crippen molar-refractivity contribution in [2.75, 3.05) is 0 Å². The van der Waals surface area contributed by atoms with E-state index in [1.807, 2.05) is 35.7 Å². The van der Waals surface area contributed by atoms with Gasteiger partial charge in [0.25, 0.3) is 0 Å². The topological polar surface area (TPSA) is 30.0 Å². The average Bonchev–Trinajstić information content (AvgIpc) is 2.67. The molecule has 1 heterocycles. The van der Waals surface area contributed by atoms with E-state index in [1.165, 1.54) is 0 Å². The zero-order valence-corrected chi connectivity index (χ0v) is 9.25. The number of nitrogens with zero attached hydrogens (tertiary/aromatic N) is 1. The molecule has 0 fully saturated rings. The first-order chi connectivity index (χ1) is 7.25. The summed E-state index contributed by atoms with van der Waals surface area (Å²) in [6, 6.07) is 10.0. The Morgan fingerprint density at radius 2 is 2.07 bits per heavy atom. The molecule has 0 saturated carbocycles. The van der Waals surface area contributed by atoms with Crippen molar-refractivity contribution in [2.24, 2.45) is 0 Å². The molecule has 2 rings (SSSR count). The summed E-state index contributed by atoms with van der Waals surface area (Å²) in [7, 11) is 0. The van der Waals surface area contributed by atoms with Crippen LogP contribution in [0.3, 0.4) is 0 Å². The lowest BCUT2D eigenvalue weighted by atomic mass is 10.2. The van der Waals surface area contributed by atoms with Crippen LogP contribution in [0.15, 0.2) is 35.7 Å². The summed E-state index contributed by atoms with van der Waals surface area (Å²) in [6.07, 6.45) is 0.434. The van der Waals surface area contributed by atoms with Crippen LogP contribution in [0.2, 0.25) is 0 Å². The molecule has 0 atom stereocenters. The molecule has 15 heavy (non-hydrogen) atoms. The Hall–Kier alpha value is -1.48. The first-order valence-electron chi connectivity index (χ1n) is 4.75. The fourth-order valence-corrected chi connectivity index (χ4v) is 2.18. The molecule has 0 saturated heterocycles. The van der Waals surface area contributed by atoms with Crippen LogP contribution < -0.4 is 0 Å². The lowest BCUT2D eigenvalue weighted by Crippen LogP contribution is -1.95. The lowest BCUT2D eigenvalue weighted by Gasteiger charge is -1.93. The number of rotatable bonds is 3. The highest BCUT2D eigenvalue weighted by Gasteiger charge is 2.05. The van der Waals surface area contributed by atoms with Gasteiger partial charge in [0.15, 0.2) is 0 Å². The SMILES string of the molecule is CC(=O)Cc1csc(-c2ccccc2)n1. The quantitative estimate of drug-likeness (QED) is 0.791. The molecule has 0 aliphatic heterocycles. The standard InChI is InChI=1S/C12H11NOS/c1-9(14)7-11-8-15-12(13-11)10-5-3-2-4-6-10/h2-6,8H,7H2,1H3. The van der Waals surface area contributed by atoms with Gasteiger partial charge in [0.1, 0.15) is 10.8 Å². The van der Waals surface area contributed by atoms with E-state index in [0.29, 0.717) is 6.42 Å². The molecular weight excluding hydrogens is 206 g/mol. The van der Waals surface area contributed by atoms with Gasteiger partial charge >= 0.3 is 0 Å². The summed E-state index contributed by atoms with van der Waals surface area (Å²) in [5.74, 6) is 0.153. The summed E-state index contributed by atoms with van der Waals surface area (Å²) in [4.78, 5) is 15.3. The van der Waals surface area contributed by atoms with Crippen molar-refractivity contribution in [3.05, 3.63) is 41.4 Å². The van der Waals surface area contributed by atoms with Gasteiger partial charge in [-0.15, -0.1) is 11.3 Å². The Kier molecular flexibility index (Phi) is 2.92. The zero-order valence-electron chi connectivity index (χ0n) is 8.43. The van der Waals surface area contributed by atoms with Crippen molar-refractivity contribution in [1.29, 1.82) is 0 Å². The number of ketones is 1. The monoisotopic (exact) mass is 217 g/mol. The highest BCUT2D eigenvalue weighted by molar-refractivity contribution is 7.13. The molecule has 0 spiro atoms. The number of hydrogen-bond donors (Lipinski definition) is 0. The molecule has 2 aromatic rings. The number of carbonyl (C=O) groups is 1. The molecule has 1 aromatic heterocycles. The molecule has 0 amide bonds. The van der Waals surface area contributed by atoms with Gasteiger partial charge in [-0.1, -0.05) is 30.3 Å². The molecule has 0 N–H and O–H groups in total. The predicted octanol–water partition coefficient (Wildman–Crippen LogP) is 2.94. The van der Waals surface area contributed by atoms with E-state index in [-0.39, 0.29) is 5.78 Å². The van der Waals surface area contributed by atoms with Crippen molar-refractivity contribution in [3.8, 4) is 10.6 Å². The number of thiazole rings is 1. The minimum absolute atomic E-state index is 0.153. The Morgan fingerprint density at radius 3 is 2.73 bits per heavy atom. The number of aromatic nitrogens is 1. The van der Waals surface area contributed by atoms with Crippen molar-refractivity contribution in [1.82, 2.24) is 4.98 Å². The van der Waals surface area contributed by atoms with Crippen molar-refractivity contribution < 1.29 is 4.79 Å². The molecule has 2 nitrogen and oxygen atoms in total. The maximum atomic E-state index is 10.9. The van der Waals surface area contributed by atoms with E-state index in [0.717, 1.165) is 16.3 Å². The predicted molar refractivity (Wildman–Crippen MR) is 61.9 cm³/mol. The summed E-state index contributed by atoms with van der Waals surface area (Å²) in [5, 5.41) is 2.93. The minimum Gasteiger partial charge on any atom is -0.300 e. The van der Waals surface area contributed by atoms with Crippen molar-refractivity contribution >= 4 is 17.1 Å². The fraction of sp³-hybridized carbons (Fsp3) is 0.167. The van der Waals surface area contributed by atoms with Crippen LogP contribution in [-0.4, -0.2) is 10.8 Å². The van der Waals surface area contributed by atoms with Crippen LogP contribution in [0.25, 0.3) is 10.6 Å². The molecule has 0 aliphatic carbocycles. The summed E-state index contributed by atoms with van der Waals surface area (Å²) in [5.41, 5.74) is 1.98. The van der Waals surface area contributed by atoms with E-state index in [2.05, 4.69) is 4.98 Å². The second-order valence-electron chi connectivity index (χ2n) is 3.39. The van der Waals surface area contributed by atoms with Crippen LogP contribution in [0, 0.1) is 0 Å². The third-order valence-corrected chi connectivity index (χ3v) is 2.94. The third-order valence-electron chi connectivity index (χ3n) is 2.00. The van der Waals surface area contributed by atoms with Gasteiger partial charge in [0.05, 0.1) is 5.69 Å². The molecule has 1 aromatic carbocycles. The Bertz CT molecular complexity index is 461. The second kappa shape index (κ2) is 4.36. The molecular formula is C12H11NOS. The number of Topliss-reactive ketones (excluding diaryl/α,β-unsaturated/α-hetero) is 1. The molecule has 0 unspecified atom stereocenters. The van der Waals surface area contributed by atoms with Gasteiger partial charge in [-0.25, -0.2) is 4.98 Å². The fourth-order valence-electron chi connectivity index (χ4n) is 1.36. The van der Waals surface area contributed by atoms with E-state index >= 15 is 0 Å². The van der Waals surface area contributed by atoms with E-state index in [9.17, 15) is 4.79 Å². The lowest BCUT2D eigenvalue weighted by molar-refractivity contribution is -0.116. The first kappa shape index (κ1) is 10.1. The minimum atomic E-state index is 0.153.